The Morgan fingerprint density at radius 2 is 2.10 bits per heavy atom. The third-order valence-electron chi connectivity index (χ3n) is 3.11. The maximum atomic E-state index is 13.4. The van der Waals surface area contributed by atoms with Crippen LogP contribution in [0.25, 0.3) is 5.65 Å². The number of aryl methyl sites for hydroxylation is 1. The van der Waals surface area contributed by atoms with E-state index >= 15 is 0 Å². The summed E-state index contributed by atoms with van der Waals surface area (Å²) in [5.41, 5.74) is 3.08. The number of nitrogens with one attached hydrogen (secondary N) is 1. The first-order valence-electron chi connectivity index (χ1n) is 6.25. The highest BCUT2D eigenvalue weighted by molar-refractivity contribution is 6.30. The largest absolute Gasteiger partial charge is 0.379 e. The van der Waals surface area contributed by atoms with Crippen molar-refractivity contribution in [1.82, 2.24) is 9.38 Å². The Morgan fingerprint density at radius 1 is 1.25 bits per heavy atom. The van der Waals surface area contributed by atoms with Gasteiger partial charge in [-0.1, -0.05) is 17.7 Å². The number of anilines is 1. The van der Waals surface area contributed by atoms with Crippen molar-refractivity contribution in [3.05, 3.63) is 64.8 Å². The van der Waals surface area contributed by atoms with Crippen molar-refractivity contribution in [2.75, 3.05) is 5.32 Å². The molecular weight excluding hydrogens is 277 g/mol. The molecule has 0 radical (unpaired) electrons. The second-order valence-electron chi connectivity index (χ2n) is 4.66. The summed E-state index contributed by atoms with van der Waals surface area (Å²) in [5.74, 6) is -0.211. The van der Waals surface area contributed by atoms with Gasteiger partial charge in [0.1, 0.15) is 11.5 Å². The molecule has 102 valence electrons. The second-order valence-corrected chi connectivity index (χ2v) is 5.10. The highest BCUT2D eigenvalue weighted by Crippen LogP contribution is 2.16. The number of rotatable bonds is 3. The zero-order chi connectivity index (χ0) is 14.1. The van der Waals surface area contributed by atoms with Crippen molar-refractivity contribution in [2.24, 2.45) is 0 Å². The first-order valence-corrected chi connectivity index (χ1v) is 6.63. The molecule has 0 unspecified atom stereocenters. The van der Waals surface area contributed by atoms with Crippen LogP contribution in [0.15, 0.2) is 42.7 Å². The van der Waals surface area contributed by atoms with Gasteiger partial charge in [-0.25, -0.2) is 9.37 Å². The van der Waals surface area contributed by atoms with Crippen molar-refractivity contribution >= 4 is 22.9 Å². The molecule has 5 heteroatoms. The Kier molecular flexibility index (Phi) is 3.32. The second kappa shape index (κ2) is 5.13. The fourth-order valence-electron chi connectivity index (χ4n) is 2.00. The number of hydrogen-bond donors (Lipinski definition) is 1. The van der Waals surface area contributed by atoms with E-state index in [0.29, 0.717) is 17.1 Å². The van der Waals surface area contributed by atoms with E-state index in [1.807, 2.05) is 22.7 Å². The van der Waals surface area contributed by atoms with Gasteiger partial charge in [0, 0.05) is 18.1 Å². The minimum absolute atomic E-state index is 0.211. The zero-order valence-corrected chi connectivity index (χ0v) is 11.7. The van der Waals surface area contributed by atoms with Gasteiger partial charge in [-0.15, -0.1) is 0 Å². The lowest BCUT2D eigenvalue weighted by Gasteiger charge is -2.05. The molecule has 0 spiro atoms. The molecule has 0 aliphatic carbocycles. The van der Waals surface area contributed by atoms with Crippen molar-refractivity contribution in [2.45, 2.75) is 13.5 Å². The summed E-state index contributed by atoms with van der Waals surface area (Å²) >= 11 is 5.93. The number of pyridine rings is 1. The summed E-state index contributed by atoms with van der Waals surface area (Å²) in [6, 6.07) is 8.75. The van der Waals surface area contributed by atoms with E-state index in [0.717, 1.165) is 17.0 Å². The van der Waals surface area contributed by atoms with Crippen LogP contribution in [0.1, 0.15) is 11.3 Å². The smallest absolute Gasteiger partial charge is 0.137 e. The molecular formula is C15H13ClFN3. The van der Waals surface area contributed by atoms with Gasteiger partial charge in [0.05, 0.1) is 17.3 Å². The molecule has 3 aromatic rings. The highest BCUT2D eigenvalue weighted by atomic mass is 35.5. The molecule has 2 aromatic heterocycles. The van der Waals surface area contributed by atoms with E-state index in [1.165, 1.54) is 6.07 Å². The minimum Gasteiger partial charge on any atom is -0.379 e. The zero-order valence-electron chi connectivity index (χ0n) is 10.9. The van der Waals surface area contributed by atoms with Gasteiger partial charge in [0.2, 0.25) is 0 Å². The third-order valence-corrected chi connectivity index (χ3v) is 3.33. The molecule has 3 rings (SSSR count). The number of nitrogens with zero attached hydrogens (tertiary/aromatic N) is 2. The summed E-state index contributed by atoms with van der Waals surface area (Å²) < 4.78 is 15.3. The monoisotopic (exact) mass is 289 g/mol. The molecule has 0 bridgehead atoms. The highest BCUT2D eigenvalue weighted by Gasteiger charge is 2.03. The molecule has 1 N–H and O–H groups in total. The average molecular weight is 290 g/mol. The van der Waals surface area contributed by atoms with Gasteiger partial charge in [0.15, 0.2) is 0 Å². The van der Waals surface area contributed by atoms with Crippen LogP contribution < -0.4 is 5.32 Å². The van der Waals surface area contributed by atoms with Crippen LogP contribution in [0.3, 0.4) is 0 Å². The molecule has 0 amide bonds. The lowest BCUT2D eigenvalue weighted by molar-refractivity contribution is 0.619. The van der Waals surface area contributed by atoms with Gasteiger partial charge in [-0.05, 0) is 36.8 Å². The average Bonchev–Trinajstić information content (AvgIpc) is 2.82. The lowest BCUT2D eigenvalue weighted by atomic mass is 10.2. The summed E-state index contributed by atoms with van der Waals surface area (Å²) in [7, 11) is 0. The van der Waals surface area contributed by atoms with E-state index in [2.05, 4.69) is 10.3 Å². The standard InChI is InChI=1S/C15H13ClFN3/c1-10-2-4-12(6-14(10)17)18-7-13-9-20-8-11(16)3-5-15(20)19-13/h2-6,8-9,18H,7H2,1H3. The molecule has 1 aromatic carbocycles. The van der Waals surface area contributed by atoms with Crippen LogP contribution >= 0.6 is 11.6 Å². The Bertz CT molecular complexity index is 767. The molecule has 0 atom stereocenters. The summed E-state index contributed by atoms with van der Waals surface area (Å²) in [6.07, 6.45) is 3.71. The maximum Gasteiger partial charge on any atom is 0.137 e. The molecule has 2 heterocycles. The van der Waals surface area contributed by atoms with E-state index < -0.39 is 0 Å². The molecule has 0 saturated heterocycles. The SMILES string of the molecule is Cc1ccc(NCc2cn3cc(Cl)ccc3n2)cc1F. The summed E-state index contributed by atoms with van der Waals surface area (Å²) in [6.45, 7) is 2.27. The number of hydrogen-bond acceptors (Lipinski definition) is 2. The van der Waals surface area contributed by atoms with Crippen molar-refractivity contribution < 1.29 is 4.39 Å². The molecule has 0 aliphatic rings. The normalized spacial score (nSPS) is 10.9. The third kappa shape index (κ3) is 2.60. The first-order chi connectivity index (χ1) is 9.61. The van der Waals surface area contributed by atoms with Crippen molar-refractivity contribution in [1.29, 1.82) is 0 Å². The van der Waals surface area contributed by atoms with Crippen LogP contribution in [0.5, 0.6) is 0 Å². The van der Waals surface area contributed by atoms with Crippen LogP contribution in [0.4, 0.5) is 10.1 Å². The van der Waals surface area contributed by atoms with E-state index in [1.54, 1.807) is 25.3 Å². The predicted octanol–water partition coefficient (Wildman–Crippen LogP) is 4.05. The molecule has 3 nitrogen and oxygen atoms in total. The Morgan fingerprint density at radius 3 is 2.90 bits per heavy atom. The van der Waals surface area contributed by atoms with Gasteiger partial charge < -0.3 is 9.72 Å². The predicted molar refractivity (Wildman–Crippen MR) is 78.7 cm³/mol. The Hall–Kier alpha value is -2.07. The van der Waals surface area contributed by atoms with Crippen LogP contribution in [0, 0.1) is 12.7 Å². The topological polar surface area (TPSA) is 29.3 Å². The first kappa shape index (κ1) is 12.9. The Labute approximate surface area is 121 Å². The van der Waals surface area contributed by atoms with Gasteiger partial charge in [-0.3, -0.25) is 0 Å². The lowest BCUT2D eigenvalue weighted by Crippen LogP contribution is -2.00. The number of fused-ring (bicyclic) bond motifs is 1. The van der Waals surface area contributed by atoms with Crippen LogP contribution in [-0.2, 0) is 6.54 Å². The van der Waals surface area contributed by atoms with Gasteiger partial charge in [-0.2, -0.15) is 0 Å². The van der Waals surface area contributed by atoms with Gasteiger partial charge >= 0.3 is 0 Å². The van der Waals surface area contributed by atoms with E-state index in [-0.39, 0.29) is 5.82 Å². The molecule has 0 aliphatic heterocycles. The van der Waals surface area contributed by atoms with Crippen LogP contribution in [0.2, 0.25) is 5.02 Å². The van der Waals surface area contributed by atoms with Crippen molar-refractivity contribution in [3.63, 3.8) is 0 Å². The van der Waals surface area contributed by atoms with Gasteiger partial charge in [0.25, 0.3) is 0 Å². The minimum atomic E-state index is -0.211. The quantitative estimate of drug-likeness (QED) is 0.788. The maximum absolute atomic E-state index is 13.4. The Balaban J connectivity index is 1.77. The molecule has 0 saturated carbocycles. The van der Waals surface area contributed by atoms with E-state index in [4.69, 9.17) is 11.6 Å². The fourth-order valence-corrected chi connectivity index (χ4v) is 2.17. The van der Waals surface area contributed by atoms with Crippen molar-refractivity contribution in [3.8, 4) is 0 Å². The van der Waals surface area contributed by atoms with E-state index in [9.17, 15) is 4.39 Å². The fraction of sp³-hybridized carbons (Fsp3) is 0.133. The molecule has 0 fully saturated rings. The number of aromatic nitrogens is 2. The number of halogens is 2. The number of imidazole rings is 1. The molecule has 20 heavy (non-hydrogen) atoms. The van der Waals surface area contributed by atoms with Crippen LogP contribution in [-0.4, -0.2) is 9.38 Å². The summed E-state index contributed by atoms with van der Waals surface area (Å²) in [5, 5.41) is 3.82. The summed E-state index contributed by atoms with van der Waals surface area (Å²) in [4.78, 5) is 4.46. The number of benzene rings is 1.